The number of ether oxygens (including phenoxy) is 2. The van der Waals surface area contributed by atoms with E-state index in [9.17, 15) is 9.59 Å². The van der Waals surface area contributed by atoms with Gasteiger partial charge in [-0.3, -0.25) is 4.79 Å². The van der Waals surface area contributed by atoms with Crippen molar-refractivity contribution in [3.8, 4) is 11.8 Å². The highest BCUT2D eigenvalue weighted by Gasteiger charge is 2.20. The third kappa shape index (κ3) is 4.92. The normalized spacial score (nSPS) is 11.3. The van der Waals surface area contributed by atoms with Crippen LogP contribution in [0.5, 0.6) is 5.75 Å². The van der Waals surface area contributed by atoms with E-state index in [0.717, 1.165) is 11.1 Å². The fraction of sp³-hybridized carbons (Fsp3) is 0.250. The highest BCUT2D eigenvalue weighted by molar-refractivity contribution is 6.00. The topological polar surface area (TPSA) is 76.4 Å². The molecular formula is C20H19NO4. The van der Waals surface area contributed by atoms with Crippen LogP contribution in [0.15, 0.2) is 42.5 Å². The first kappa shape index (κ1) is 18.2. The summed E-state index contributed by atoms with van der Waals surface area (Å²) in [4.78, 5) is 24.2. The molecule has 0 fully saturated rings. The number of hydrogen-bond acceptors (Lipinski definition) is 5. The third-order valence-corrected chi connectivity index (χ3v) is 3.81. The van der Waals surface area contributed by atoms with E-state index in [4.69, 9.17) is 14.7 Å². The average Bonchev–Trinajstić information content (AvgIpc) is 2.62. The van der Waals surface area contributed by atoms with Gasteiger partial charge in [0.15, 0.2) is 12.7 Å². The van der Waals surface area contributed by atoms with Crippen molar-refractivity contribution >= 4 is 11.8 Å². The molecule has 0 bridgehead atoms. The second kappa shape index (κ2) is 8.11. The summed E-state index contributed by atoms with van der Waals surface area (Å²) in [5, 5.41) is 8.73. The Labute approximate surface area is 146 Å². The molecule has 0 aliphatic rings. The summed E-state index contributed by atoms with van der Waals surface area (Å²) in [6, 6.07) is 13.7. The second-order valence-electron chi connectivity index (χ2n) is 5.72. The van der Waals surface area contributed by atoms with Gasteiger partial charge in [0, 0.05) is 5.56 Å². The molecule has 0 aliphatic carbocycles. The molecule has 2 aromatic carbocycles. The molecule has 5 nitrogen and oxygen atoms in total. The number of nitrogens with zero attached hydrogens (tertiary/aromatic N) is 1. The Morgan fingerprint density at radius 1 is 1.08 bits per heavy atom. The molecule has 0 aliphatic heterocycles. The molecule has 1 atom stereocenters. The molecule has 25 heavy (non-hydrogen) atoms. The van der Waals surface area contributed by atoms with Gasteiger partial charge in [0.2, 0.25) is 5.78 Å². The first-order valence-corrected chi connectivity index (χ1v) is 7.84. The van der Waals surface area contributed by atoms with Gasteiger partial charge in [0.25, 0.3) is 0 Å². The van der Waals surface area contributed by atoms with Gasteiger partial charge < -0.3 is 9.47 Å². The van der Waals surface area contributed by atoms with Crippen LogP contribution in [0, 0.1) is 25.2 Å². The molecule has 0 saturated heterocycles. The van der Waals surface area contributed by atoms with Crippen LogP contribution in [-0.4, -0.2) is 24.5 Å². The first-order valence-electron chi connectivity index (χ1n) is 7.84. The lowest BCUT2D eigenvalue weighted by atomic mass is 10.0. The zero-order valence-corrected chi connectivity index (χ0v) is 14.4. The fourth-order valence-electron chi connectivity index (χ4n) is 2.18. The minimum Gasteiger partial charge on any atom is -0.482 e. The van der Waals surface area contributed by atoms with Crippen LogP contribution in [0.4, 0.5) is 0 Å². The van der Waals surface area contributed by atoms with E-state index in [1.807, 2.05) is 26.0 Å². The monoisotopic (exact) mass is 337 g/mol. The minimum atomic E-state index is -0.890. The van der Waals surface area contributed by atoms with Crippen LogP contribution in [0.1, 0.15) is 34.0 Å². The maximum Gasteiger partial charge on any atom is 0.344 e. The zero-order chi connectivity index (χ0) is 18.4. The molecule has 2 aromatic rings. The van der Waals surface area contributed by atoms with E-state index in [2.05, 4.69) is 0 Å². The SMILES string of the molecule is Cc1ccc(C(=O)[C@@H](C)OC(=O)COc2ccc(C#N)cc2)cc1C. The molecule has 0 amide bonds. The highest BCUT2D eigenvalue weighted by atomic mass is 16.6. The van der Waals surface area contributed by atoms with Crippen molar-refractivity contribution in [3.05, 3.63) is 64.7 Å². The standard InChI is InChI=1S/C20H19NO4/c1-13-4-7-17(10-14(13)2)20(23)15(3)25-19(22)12-24-18-8-5-16(11-21)6-9-18/h4-10,15H,12H2,1-3H3/t15-/m1/s1. The van der Waals surface area contributed by atoms with E-state index >= 15 is 0 Å². The maximum atomic E-state index is 12.3. The predicted molar refractivity (Wildman–Crippen MR) is 92.5 cm³/mol. The molecule has 0 aromatic heterocycles. The maximum absolute atomic E-state index is 12.3. The van der Waals surface area contributed by atoms with Gasteiger partial charge in [0.1, 0.15) is 5.75 Å². The lowest BCUT2D eigenvalue weighted by Crippen LogP contribution is -2.27. The van der Waals surface area contributed by atoms with E-state index in [0.29, 0.717) is 16.9 Å². The average molecular weight is 337 g/mol. The number of nitriles is 1. The Hall–Kier alpha value is -3.13. The van der Waals surface area contributed by atoms with Gasteiger partial charge in [-0.1, -0.05) is 12.1 Å². The Kier molecular flexibility index (Phi) is 5.91. The van der Waals surface area contributed by atoms with Crippen molar-refractivity contribution in [2.24, 2.45) is 0 Å². The Morgan fingerprint density at radius 3 is 2.36 bits per heavy atom. The molecule has 0 unspecified atom stereocenters. The molecule has 0 spiro atoms. The quantitative estimate of drug-likeness (QED) is 0.597. The summed E-state index contributed by atoms with van der Waals surface area (Å²) in [5.74, 6) is -0.437. The van der Waals surface area contributed by atoms with Crippen LogP contribution in [0.2, 0.25) is 0 Å². The van der Waals surface area contributed by atoms with Gasteiger partial charge in [-0.2, -0.15) is 5.26 Å². The van der Waals surface area contributed by atoms with Gasteiger partial charge in [-0.15, -0.1) is 0 Å². The van der Waals surface area contributed by atoms with Gasteiger partial charge >= 0.3 is 5.97 Å². The number of carbonyl (C=O) groups is 2. The molecule has 0 heterocycles. The van der Waals surface area contributed by atoms with E-state index in [1.54, 1.807) is 36.4 Å². The number of aryl methyl sites for hydroxylation is 2. The third-order valence-electron chi connectivity index (χ3n) is 3.81. The Morgan fingerprint density at radius 2 is 1.76 bits per heavy atom. The summed E-state index contributed by atoms with van der Waals surface area (Å²) in [6.45, 7) is 5.12. The molecular weight excluding hydrogens is 318 g/mol. The number of rotatable bonds is 6. The number of benzene rings is 2. The van der Waals surface area contributed by atoms with Crippen molar-refractivity contribution in [1.29, 1.82) is 5.26 Å². The van der Waals surface area contributed by atoms with Crippen LogP contribution in [0.25, 0.3) is 0 Å². The largest absolute Gasteiger partial charge is 0.482 e. The van der Waals surface area contributed by atoms with Gasteiger partial charge in [0.05, 0.1) is 11.6 Å². The number of ketones is 1. The lowest BCUT2D eigenvalue weighted by molar-refractivity contribution is -0.148. The van der Waals surface area contributed by atoms with Crippen molar-refractivity contribution < 1.29 is 19.1 Å². The Bertz CT molecular complexity index is 819. The number of Topliss-reactive ketones (excluding diaryl/α,β-unsaturated/α-hetero) is 1. The van der Waals surface area contributed by atoms with Crippen molar-refractivity contribution in [3.63, 3.8) is 0 Å². The zero-order valence-electron chi connectivity index (χ0n) is 14.4. The minimum absolute atomic E-state index is 0.255. The highest BCUT2D eigenvalue weighted by Crippen LogP contribution is 2.14. The van der Waals surface area contributed by atoms with Crippen molar-refractivity contribution in [2.45, 2.75) is 26.9 Å². The smallest absolute Gasteiger partial charge is 0.344 e. The van der Waals surface area contributed by atoms with Crippen LogP contribution >= 0.6 is 0 Å². The Balaban J connectivity index is 1.89. The summed E-state index contributed by atoms with van der Waals surface area (Å²) >= 11 is 0. The fourth-order valence-corrected chi connectivity index (χ4v) is 2.18. The summed E-state index contributed by atoms with van der Waals surface area (Å²) in [7, 11) is 0. The summed E-state index contributed by atoms with van der Waals surface area (Å²) < 4.78 is 10.4. The van der Waals surface area contributed by atoms with Gasteiger partial charge in [-0.05, 0) is 62.2 Å². The van der Waals surface area contributed by atoms with E-state index < -0.39 is 12.1 Å². The van der Waals surface area contributed by atoms with E-state index in [-0.39, 0.29) is 12.4 Å². The molecule has 2 rings (SSSR count). The number of hydrogen-bond donors (Lipinski definition) is 0. The van der Waals surface area contributed by atoms with Crippen LogP contribution < -0.4 is 4.74 Å². The number of esters is 1. The molecule has 5 heteroatoms. The summed E-state index contributed by atoms with van der Waals surface area (Å²) in [5.41, 5.74) is 3.12. The molecule has 0 N–H and O–H groups in total. The van der Waals surface area contributed by atoms with Gasteiger partial charge in [-0.25, -0.2) is 4.79 Å². The lowest BCUT2D eigenvalue weighted by Gasteiger charge is -2.13. The molecule has 128 valence electrons. The van der Waals surface area contributed by atoms with Crippen LogP contribution in [0.3, 0.4) is 0 Å². The molecule has 0 saturated carbocycles. The van der Waals surface area contributed by atoms with Crippen molar-refractivity contribution in [2.75, 3.05) is 6.61 Å². The molecule has 0 radical (unpaired) electrons. The van der Waals surface area contributed by atoms with Crippen LogP contribution in [-0.2, 0) is 9.53 Å². The van der Waals surface area contributed by atoms with Crippen molar-refractivity contribution in [1.82, 2.24) is 0 Å². The first-order chi connectivity index (χ1) is 11.9. The van der Waals surface area contributed by atoms with E-state index in [1.165, 1.54) is 6.92 Å². The second-order valence-corrected chi connectivity index (χ2v) is 5.72. The predicted octanol–water partition coefficient (Wildman–Crippen LogP) is 3.37. The summed E-state index contributed by atoms with van der Waals surface area (Å²) in [6.07, 6.45) is -0.890. The number of carbonyl (C=O) groups excluding carboxylic acids is 2.